The summed E-state index contributed by atoms with van der Waals surface area (Å²) in [6, 6.07) is 7.75. The second-order valence-electron chi connectivity index (χ2n) is 4.76. The van der Waals surface area contributed by atoms with Crippen molar-refractivity contribution < 1.29 is 9.53 Å². The number of hydrogen-bond acceptors (Lipinski definition) is 2. The first kappa shape index (κ1) is 14.5. The van der Waals surface area contributed by atoms with Crippen molar-refractivity contribution in [3.8, 4) is 5.75 Å². The van der Waals surface area contributed by atoms with Gasteiger partial charge in [-0.2, -0.15) is 0 Å². The van der Waals surface area contributed by atoms with Gasteiger partial charge >= 0.3 is 5.97 Å². The van der Waals surface area contributed by atoms with E-state index in [1.165, 1.54) is 0 Å². The minimum absolute atomic E-state index is 0.198. The molecule has 0 spiro atoms. The number of hydrogen-bond donors (Lipinski definition) is 0. The van der Waals surface area contributed by atoms with E-state index in [0.717, 1.165) is 18.4 Å². The lowest BCUT2D eigenvalue weighted by Gasteiger charge is -2.11. The van der Waals surface area contributed by atoms with Gasteiger partial charge in [0.15, 0.2) is 0 Å². The molecule has 0 aliphatic carbocycles. The number of rotatable bonds is 6. The average molecular weight is 246 g/mol. The zero-order valence-corrected chi connectivity index (χ0v) is 11.5. The van der Waals surface area contributed by atoms with Gasteiger partial charge in [-0.3, -0.25) is 4.79 Å². The molecule has 0 amide bonds. The van der Waals surface area contributed by atoms with Crippen molar-refractivity contribution in [2.24, 2.45) is 5.92 Å². The molecule has 0 saturated carbocycles. The molecule has 0 fully saturated rings. The number of para-hydroxylation sites is 1. The van der Waals surface area contributed by atoms with E-state index >= 15 is 0 Å². The second kappa shape index (κ2) is 7.70. The second-order valence-corrected chi connectivity index (χ2v) is 4.76. The molecule has 1 rings (SSSR count). The normalized spacial score (nSPS) is 11.1. The van der Waals surface area contributed by atoms with Crippen LogP contribution in [0.5, 0.6) is 5.75 Å². The zero-order chi connectivity index (χ0) is 13.4. The molecule has 2 heteroatoms. The van der Waals surface area contributed by atoms with Crippen LogP contribution in [0.15, 0.2) is 36.4 Å². The summed E-state index contributed by atoms with van der Waals surface area (Å²) in [6.45, 7) is 6.35. The molecule has 0 aliphatic rings. The fourth-order valence-corrected chi connectivity index (χ4v) is 1.72. The number of carbonyl (C=O) groups excluding carboxylic acids is 1. The van der Waals surface area contributed by atoms with Crippen LogP contribution in [0.25, 0.3) is 0 Å². The zero-order valence-electron chi connectivity index (χ0n) is 11.5. The molecule has 0 bridgehead atoms. The molecule has 0 aromatic heterocycles. The molecule has 0 heterocycles. The summed E-state index contributed by atoms with van der Waals surface area (Å²) in [7, 11) is 0. The minimum atomic E-state index is -0.198. The largest absolute Gasteiger partial charge is 0.426 e. The van der Waals surface area contributed by atoms with E-state index in [2.05, 4.69) is 13.8 Å². The molecule has 0 saturated heterocycles. The summed E-state index contributed by atoms with van der Waals surface area (Å²) in [6.07, 6.45) is 6.03. The first-order valence-electron chi connectivity index (χ1n) is 6.57. The molecule has 1 aromatic carbocycles. The Labute approximate surface area is 110 Å². The van der Waals surface area contributed by atoms with Crippen molar-refractivity contribution in [1.29, 1.82) is 0 Å². The van der Waals surface area contributed by atoms with Crippen LogP contribution in [0.2, 0.25) is 0 Å². The van der Waals surface area contributed by atoms with Crippen molar-refractivity contribution in [3.63, 3.8) is 0 Å². The molecule has 0 aliphatic heterocycles. The summed E-state index contributed by atoms with van der Waals surface area (Å²) < 4.78 is 5.40. The quantitative estimate of drug-likeness (QED) is 0.428. The monoisotopic (exact) mass is 246 g/mol. The highest BCUT2D eigenvalue weighted by Gasteiger charge is 2.08. The molecule has 0 N–H and O–H groups in total. The Kier molecular flexibility index (Phi) is 6.20. The van der Waals surface area contributed by atoms with E-state index in [0.29, 0.717) is 18.1 Å². The fraction of sp³-hybridized carbons (Fsp3) is 0.438. The Morgan fingerprint density at radius 3 is 2.67 bits per heavy atom. The van der Waals surface area contributed by atoms with Gasteiger partial charge in [-0.1, -0.05) is 51.1 Å². The van der Waals surface area contributed by atoms with Gasteiger partial charge in [0.05, 0.1) is 6.42 Å². The van der Waals surface area contributed by atoms with Crippen LogP contribution in [-0.4, -0.2) is 5.97 Å². The first-order chi connectivity index (χ1) is 8.63. The summed E-state index contributed by atoms with van der Waals surface area (Å²) >= 11 is 0. The molecular formula is C16H22O2. The highest BCUT2D eigenvalue weighted by atomic mass is 16.5. The van der Waals surface area contributed by atoms with Crippen LogP contribution in [0.3, 0.4) is 0 Å². The Bertz CT molecular complexity index is 405. The van der Waals surface area contributed by atoms with E-state index in [1.54, 1.807) is 0 Å². The molecule has 0 unspecified atom stereocenters. The van der Waals surface area contributed by atoms with Crippen molar-refractivity contribution in [3.05, 3.63) is 42.0 Å². The van der Waals surface area contributed by atoms with Gasteiger partial charge in [0.2, 0.25) is 0 Å². The number of esters is 1. The van der Waals surface area contributed by atoms with Crippen LogP contribution in [0.4, 0.5) is 0 Å². The van der Waals surface area contributed by atoms with E-state index in [-0.39, 0.29) is 5.97 Å². The maximum atomic E-state index is 11.7. The van der Waals surface area contributed by atoms with Crippen LogP contribution >= 0.6 is 0 Å². The van der Waals surface area contributed by atoms with E-state index in [1.807, 2.05) is 43.3 Å². The van der Waals surface area contributed by atoms with Gasteiger partial charge in [0.1, 0.15) is 5.75 Å². The highest BCUT2D eigenvalue weighted by Crippen LogP contribution is 2.21. The van der Waals surface area contributed by atoms with E-state index < -0.39 is 0 Å². The van der Waals surface area contributed by atoms with Crippen LogP contribution in [0.1, 0.15) is 39.2 Å². The molecule has 18 heavy (non-hydrogen) atoms. The Morgan fingerprint density at radius 2 is 2.00 bits per heavy atom. The lowest BCUT2D eigenvalue weighted by Crippen LogP contribution is -2.08. The lowest BCUT2D eigenvalue weighted by molar-refractivity contribution is -0.133. The minimum Gasteiger partial charge on any atom is -0.426 e. The summed E-state index contributed by atoms with van der Waals surface area (Å²) in [4.78, 5) is 11.7. The third-order valence-electron chi connectivity index (χ3n) is 2.51. The van der Waals surface area contributed by atoms with E-state index in [4.69, 9.17) is 4.74 Å². The number of benzene rings is 1. The van der Waals surface area contributed by atoms with Gasteiger partial charge in [-0.05, 0) is 30.4 Å². The topological polar surface area (TPSA) is 26.3 Å². The average Bonchev–Trinajstić information content (AvgIpc) is 2.31. The molecule has 0 radical (unpaired) electrons. The van der Waals surface area contributed by atoms with Gasteiger partial charge in [-0.15, -0.1) is 0 Å². The van der Waals surface area contributed by atoms with Crippen LogP contribution in [-0.2, 0) is 11.2 Å². The maximum absolute atomic E-state index is 11.7. The number of ether oxygens (including phenoxy) is 1. The Balaban J connectivity index is 2.65. The Morgan fingerprint density at radius 1 is 1.28 bits per heavy atom. The number of carbonyl (C=O) groups is 1. The van der Waals surface area contributed by atoms with Crippen molar-refractivity contribution in [2.75, 3.05) is 0 Å². The van der Waals surface area contributed by atoms with Crippen molar-refractivity contribution >= 4 is 5.97 Å². The molecule has 2 nitrogen and oxygen atoms in total. The maximum Gasteiger partial charge on any atom is 0.315 e. The lowest BCUT2D eigenvalue weighted by atomic mass is 10.0. The summed E-state index contributed by atoms with van der Waals surface area (Å²) in [5, 5.41) is 0. The smallest absolute Gasteiger partial charge is 0.315 e. The standard InChI is InChI=1S/C16H22O2/c1-4-5-6-11-16(17)18-15-10-8-7-9-14(15)12-13(2)3/h5-10,13H,4,11-12H2,1-3H3. The first-order valence-corrected chi connectivity index (χ1v) is 6.57. The predicted octanol–water partition coefficient (Wildman–Crippen LogP) is 4.15. The SMILES string of the molecule is CCC=CCC(=O)Oc1ccccc1CC(C)C. The van der Waals surface area contributed by atoms with Crippen molar-refractivity contribution in [2.45, 2.75) is 40.0 Å². The van der Waals surface area contributed by atoms with Crippen molar-refractivity contribution in [1.82, 2.24) is 0 Å². The van der Waals surface area contributed by atoms with Crippen LogP contribution < -0.4 is 4.74 Å². The third kappa shape index (κ3) is 5.17. The van der Waals surface area contributed by atoms with Crippen LogP contribution in [0, 0.1) is 5.92 Å². The van der Waals surface area contributed by atoms with E-state index in [9.17, 15) is 4.79 Å². The highest BCUT2D eigenvalue weighted by molar-refractivity contribution is 5.74. The molecule has 1 aromatic rings. The molecule has 98 valence electrons. The summed E-state index contributed by atoms with van der Waals surface area (Å²) in [5.41, 5.74) is 1.10. The third-order valence-corrected chi connectivity index (χ3v) is 2.51. The molecular weight excluding hydrogens is 224 g/mol. The Hall–Kier alpha value is -1.57. The van der Waals surface area contributed by atoms with Gasteiger partial charge in [0.25, 0.3) is 0 Å². The predicted molar refractivity (Wildman–Crippen MR) is 74.7 cm³/mol. The summed E-state index contributed by atoms with van der Waals surface area (Å²) in [5.74, 6) is 1.04. The fourth-order valence-electron chi connectivity index (χ4n) is 1.72. The van der Waals surface area contributed by atoms with Gasteiger partial charge in [0, 0.05) is 0 Å². The molecule has 0 atom stereocenters. The van der Waals surface area contributed by atoms with Gasteiger partial charge in [-0.25, -0.2) is 0 Å². The number of allylic oxidation sites excluding steroid dienone is 1. The van der Waals surface area contributed by atoms with Gasteiger partial charge < -0.3 is 4.74 Å².